The smallest absolute Gasteiger partial charge is 0.409 e. The van der Waals surface area contributed by atoms with Gasteiger partial charge in [-0.15, -0.1) is 6.58 Å². The number of likely N-dealkylation sites (tertiary alicyclic amines) is 1. The maximum Gasteiger partial charge on any atom is 0.409 e. The minimum absolute atomic E-state index is 0. The van der Waals surface area contributed by atoms with E-state index in [1.165, 1.54) is 6.42 Å². The van der Waals surface area contributed by atoms with Crippen LogP contribution in [0.25, 0.3) is 0 Å². The molecule has 196 valence electrons. The summed E-state index contributed by atoms with van der Waals surface area (Å²) in [5, 5.41) is 3.09. The number of thiol groups is 1. The Morgan fingerprint density at radius 3 is 1.88 bits per heavy atom. The summed E-state index contributed by atoms with van der Waals surface area (Å²) in [6.07, 6.45) is 4.65. The van der Waals surface area contributed by atoms with Crippen LogP contribution in [0.1, 0.15) is 41.0 Å². The van der Waals surface area contributed by atoms with Crippen LogP contribution in [0.4, 0.5) is 4.79 Å². The van der Waals surface area contributed by atoms with Crippen molar-refractivity contribution in [2.24, 2.45) is 0 Å². The van der Waals surface area contributed by atoms with Gasteiger partial charge in [-0.2, -0.15) is 12.6 Å². The first-order valence-electron chi connectivity index (χ1n) is 11.8. The van der Waals surface area contributed by atoms with Crippen molar-refractivity contribution < 1.29 is 34.7 Å². The second-order valence-electron chi connectivity index (χ2n) is 7.33. The van der Waals surface area contributed by atoms with Crippen LogP contribution in [-0.2, 0) is 28.5 Å². The van der Waals surface area contributed by atoms with Crippen LogP contribution < -0.4 is 5.32 Å². The molecule has 0 aromatic heterocycles. The lowest BCUT2D eigenvalue weighted by Crippen LogP contribution is -2.39. The van der Waals surface area contributed by atoms with Gasteiger partial charge in [0, 0.05) is 32.7 Å². The maximum atomic E-state index is 11.8. The Kier molecular flexibility index (Phi) is 22.9. The quantitative estimate of drug-likeness (QED) is 0.182. The SMILES string of the molecule is C=CCC(=O)NCCOCCOCCOCCOCCOC(=O)N1CCC(S)CC1.CCC.[HH]. The number of carbonyl (C=O) groups excluding carboxylic acids is 2. The van der Waals surface area contributed by atoms with E-state index < -0.39 is 0 Å². The molecule has 1 aliphatic rings. The first kappa shape index (κ1) is 31.7. The number of nitrogens with one attached hydrogen (secondary N) is 1. The normalized spacial score (nSPS) is 13.7. The Morgan fingerprint density at radius 1 is 0.939 bits per heavy atom. The average molecular weight is 495 g/mol. The molecular weight excluding hydrogens is 448 g/mol. The van der Waals surface area contributed by atoms with Crippen LogP contribution in [0.3, 0.4) is 0 Å². The van der Waals surface area contributed by atoms with E-state index in [1.54, 1.807) is 11.0 Å². The number of ether oxygens (including phenoxy) is 5. The Morgan fingerprint density at radius 2 is 1.39 bits per heavy atom. The van der Waals surface area contributed by atoms with E-state index in [0.29, 0.717) is 84.2 Å². The van der Waals surface area contributed by atoms with Crippen molar-refractivity contribution in [3.63, 3.8) is 0 Å². The highest BCUT2D eigenvalue weighted by Gasteiger charge is 2.21. The van der Waals surface area contributed by atoms with Gasteiger partial charge in [-0.3, -0.25) is 4.79 Å². The molecule has 0 unspecified atom stereocenters. The zero-order valence-corrected chi connectivity index (χ0v) is 21.3. The summed E-state index contributed by atoms with van der Waals surface area (Å²) in [5.41, 5.74) is 0. The topological polar surface area (TPSA) is 95.6 Å². The molecule has 0 aromatic carbocycles. The molecular formula is C23H46N2O7S. The summed E-state index contributed by atoms with van der Waals surface area (Å²) in [4.78, 5) is 24.7. The molecule has 1 N–H and O–H groups in total. The molecule has 0 bridgehead atoms. The van der Waals surface area contributed by atoms with E-state index in [9.17, 15) is 9.59 Å². The van der Waals surface area contributed by atoms with Crippen LogP contribution in [0.2, 0.25) is 0 Å². The van der Waals surface area contributed by atoms with Crippen molar-refractivity contribution in [1.82, 2.24) is 10.2 Å². The number of rotatable bonds is 17. The predicted molar refractivity (Wildman–Crippen MR) is 134 cm³/mol. The first-order chi connectivity index (χ1) is 16.0. The van der Waals surface area contributed by atoms with E-state index in [1.807, 2.05) is 0 Å². The maximum absolute atomic E-state index is 11.8. The third kappa shape index (κ3) is 21.0. The number of carbonyl (C=O) groups is 2. The first-order valence-corrected chi connectivity index (χ1v) is 12.3. The number of hydrogen-bond acceptors (Lipinski definition) is 8. The molecule has 0 spiro atoms. The van der Waals surface area contributed by atoms with Gasteiger partial charge in [0.1, 0.15) is 6.61 Å². The van der Waals surface area contributed by atoms with Crippen molar-refractivity contribution in [1.29, 1.82) is 0 Å². The van der Waals surface area contributed by atoms with Gasteiger partial charge in [0.2, 0.25) is 5.91 Å². The van der Waals surface area contributed by atoms with E-state index in [4.69, 9.17) is 23.7 Å². The summed E-state index contributed by atoms with van der Waals surface area (Å²) in [5.74, 6) is -0.0587. The van der Waals surface area contributed by atoms with E-state index in [-0.39, 0.29) is 20.0 Å². The molecule has 0 aliphatic carbocycles. The highest BCUT2D eigenvalue weighted by Crippen LogP contribution is 2.15. The average Bonchev–Trinajstić information content (AvgIpc) is 2.79. The minimum atomic E-state index is -0.284. The molecule has 0 radical (unpaired) electrons. The van der Waals surface area contributed by atoms with Gasteiger partial charge in [-0.05, 0) is 12.8 Å². The van der Waals surface area contributed by atoms with Gasteiger partial charge in [0.05, 0.1) is 52.9 Å². The van der Waals surface area contributed by atoms with Gasteiger partial charge < -0.3 is 33.9 Å². The van der Waals surface area contributed by atoms with Crippen LogP contribution in [0.5, 0.6) is 0 Å². The van der Waals surface area contributed by atoms with Crippen molar-refractivity contribution >= 4 is 24.6 Å². The highest BCUT2D eigenvalue weighted by molar-refractivity contribution is 7.80. The third-order valence-electron chi connectivity index (χ3n) is 4.19. The van der Waals surface area contributed by atoms with Gasteiger partial charge >= 0.3 is 6.09 Å². The summed E-state index contributed by atoms with van der Waals surface area (Å²) >= 11 is 4.41. The number of piperidine rings is 1. The van der Waals surface area contributed by atoms with Crippen LogP contribution in [-0.4, -0.2) is 101 Å². The predicted octanol–water partition coefficient (Wildman–Crippen LogP) is 2.94. The lowest BCUT2D eigenvalue weighted by molar-refractivity contribution is -0.120. The summed E-state index contributed by atoms with van der Waals surface area (Å²) in [6.45, 7) is 13.4. The molecule has 2 amide bonds. The Bertz CT molecular complexity index is 496. The van der Waals surface area contributed by atoms with E-state index >= 15 is 0 Å². The molecule has 0 atom stereocenters. The Balaban J connectivity index is 0. The van der Waals surface area contributed by atoms with Crippen molar-refractivity contribution in [3.8, 4) is 0 Å². The number of amides is 2. The molecule has 0 aromatic rings. The van der Waals surface area contributed by atoms with Crippen LogP contribution in [0.15, 0.2) is 12.7 Å². The molecule has 1 fully saturated rings. The monoisotopic (exact) mass is 494 g/mol. The summed E-state index contributed by atoms with van der Waals surface area (Å²) < 4.78 is 26.7. The van der Waals surface area contributed by atoms with Crippen LogP contribution >= 0.6 is 12.6 Å². The minimum Gasteiger partial charge on any atom is -0.447 e. The lowest BCUT2D eigenvalue weighted by atomic mass is 10.1. The zero-order valence-electron chi connectivity index (χ0n) is 20.4. The van der Waals surface area contributed by atoms with Crippen molar-refractivity contribution in [2.75, 3.05) is 79.1 Å². The van der Waals surface area contributed by atoms with E-state index in [2.05, 4.69) is 38.4 Å². The van der Waals surface area contributed by atoms with Gasteiger partial charge in [-0.1, -0.05) is 26.3 Å². The molecule has 10 heteroatoms. The summed E-state index contributed by atoms with van der Waals surface area (Å²) in [6, 6.07) is 0. The van der Waals surface area contributed by atoms with Crippen molar-refractivity contribution in [3.05, 3.63) is 12.7 Å². The fourth-order valence-electron chi connectivity index (χ4n) is 2.56. The van der Waals surface area contributed by atoms with Gasteiger partial charge in [0.25, 0.3) is 0 Å². The Hall–Kier alpha value is -1.33. The fourth-order valence-corrected chi connectivity index (χ4v) is 2.79. The standard InChI is InChI=1S/C20H36N2O7S.C3H8.H2/c1-2-3-19(23)21-6-9-25-10-11-26-12-13-27-14-15-28-16-17-29-20(24)22-7-4-18(30)5-8-22;1-3-2;/h2,18,30H,1,3-17H2,(H,21,23);3H2,1-2H3;1H. The second kappa shape index (κ2) is 23.8. The molecule has 9 nitrogen and oxygen atoms in total. The van der Waals surface area contributed by atoms with Crippen LogP contribution in [0, 0.1) is 0 Å². The molecule has 1 rings (SSSR count). The van der Waals surface area contributed by atoms with Gasteiger partial charge in [-0.25, -0.2) is 4.79 Å². The molecule has 1 heterocycles. The van der Waals surface area contributed by atoms with E-state index in [0.717, 1.165) is 12.8 Å². The third-order valence-corrected chi connectivity index (χ3v) is 4.71. The Labute approximate surface area is 206 Å². The molecule has 0 saturated carbocycles. The fraction of sp³-hybridized carbons (Fsp3) is 0.826. The second-order valence-corrected chi connectivity index (χ2v) is 8.06. The molecule has 1 aliphatic heterocycles. The lowest BCUT2D eigenvalue weighted by Gasteiger charge is -2.28. The molecule has 33 heavy (non-hydrogen) atoms. The molecule has 1 saturated heterocycles. The largest absolute Gasteiger partial charge is 0.447 e. The van der Waals surface area contributed by atoms with Crippen molar-refractivity contribution in [2.45, 2.75) is 44.8 Å². The zero-order chi connectivity index (χ0) is 24.6. The highest BCUT2D eigenvalue weighted by atomic mass is 32.1. The number of nitrogens with zero attached hydrogens (tertiary/aromatic N) is 1. The summed E-state index contributed by atoms with van der Waals surface area (Å²) in [7, 11) is 0. The van der Waals surface area contributed by atoms with Gasteiger partial charge in [0.15, 0.2) is 0 Å². The number of hydrogen-bond donors (Lipinski definition) is 2.